The maximum absolute atomic E-state index is 5.35. The molecule has 0 spiro atoms. The van der Waals surface area contributed by atoms with Crippen LogP contribution in [0.1, 0.15) is 44.0 Å². The SMILES string of the molecule is CCC(OC)c1nc(CNC(C)C)cs1. The van der Waals surface area contributed by atoms with Crippen LogP contribution >= 0.6 is 11.3 Å². The Morgan fingerprint density at radius 3 is 2.80 bits per heavy atom. The van der Waals surface area contributed by atoms with Gasteiger partial charge in [-0.15, -0.1) is 11.3 Å². The van der Waals surface area contributed by atoms with E-state index in [4.69, 9.17) is 4.74 Å². The molecule has 0 aliphatic heterocycles. The van der Waals surface area contributed by atoms with E-state index in [1.807, 2.05) is 0 Å². The highest BCUT2D eigenvalue weighted by molar-refractivity contribution is 7.09. The largest absolute Gasteiger partial charge is 0.374 e. The van der Waals surface area contributed by atoms with Crippen molar-refractivity contribution in [3.63, 3.8) is 0 Å². The summed E-state index contributed by atoms with van der Waals surface area (Å²) in [5.41, 5.74) is 1.11. The van der Waals surface area contributed by atoms with Crippen molar-refractivity contribution in [1.29, 1.82) is 0 Å². The van der Waals surface area contributed by atoms with Crippen LogP contribution in [0.15, 0.2) is 5.38 Å². The number of ether oxygens (including phenoxy) is 1. The van der Waals surface area contributed by atoms with Gasteiger partial charge in [-0.25, -0.2) is 4.98 Å². The molecule has 0 aromatic carbocycles. The van der Waals surface area contributed by atoms with Gasteiger partial charge in [0.25, 0.3) is 0 Å². The average molecular weight is 228 g/mol. The van der Waals surface area contributed by atoms with E-state index in [1.54, 1.807) is 18.4 Å². The van der Waals surface area contributed by atoms with Crippen LogP contribution in [0.25, 0.3) is 0 Å². The molecule has 0 fully saturated rings. The van der Waals surface area contributed by atoms with Crippen molar-refractivity contribution in [1.82, 2.24) is 10.3 Å². The molecule has 1 rings (SSSR count). The first-order valence-electron chi connectivity index (χ1n) is 5.37. The Hall–Kier alpha value is -0.450. The lowest BCUT2D eigenvalue weighted by Gasteiger charge is -2.08. The third kappa shape index (κ3) is 3.89. The minimum atomic E-state index is 0.155. The fraction of sp³-hybridized carbons (Fsp3) is 0.727. The van der Waals surface area contributed by atoms with Crippen LogP contribution in [0.4, 0.5) is 0 Å². The number of rotatable bonds is 6. The van der Waals surface area contributed by atoms with Crippen LogP contribution in [0, 0.1) is 0 Å². The van der Waals surface area contributed by atoms with Crippen LogP contribution in [0.2, 0.25) is 0 Å². The minimum Gasteiger partial charge on any atom is -0.374 e. The van der Waals surface area contributed by atoms with Crippen LogP contribution in [0.3, 0.4) is 0 Å². The predicted molar refractivity (Wildman–Crippen MR) is 64.1 cm³/mol. The summed E-state index contributed by atoms with van der Waals surface area (Å²) in [5.74, 6) is 0. The monoisotopic (exact) mass is 228 g/mol. The molecule has 3 nitrogen and oxygen atoms in total. The summed E-state index contributed by atoms with van der Waals surface area (Å²) in [5, 5.41) is 6.54. The molecule has 4 heteroatoms. The van der Waals surface area contributed by atoms with Gasteiger partial charge >= 0.3 is 0 Å². The third-order valence-corrected chi connectivity index (χ3v) is 3.18. The Morgan fingerprint density at radius 2 is 2.27 bits per heavy atom. The van der Waals surface area contributed by atoms with Gasteiger partial charge in [0, 0.05) is 25.1 Å². The summed E-state index contributed by atoms with van der Waals surface area (Å²) in [6.07, 6.45) is 1.13. The summed E-state index contributed by atoms with van der Waals surface area (Å²) in [6.45, 7) is 7.23. The highest BCUT2D eigenvalue weighted by Crippen LogP contribution is 2.23. The third-order valence-electron chi connectivity index (χ3n) is 2.19. The number of aromatic nitrogens is 1. The zero-order valence-corrected chi connectivity index (χ0v) is 10.7. The van der Waals surface area contributed by atoms with Crippen molar-refractivity contribution in [2.45, 2.75) is 45.9 Å². The molecule has 0 saturated carbocycles. The number of thiazole rings is 1. The van der Waals surface area contributed by atoms with Crippen molar-refractivity contribution < 1.29 is 4.74 Å². The van der Waals surface area contributed by atoms with Gasteiger partial charge in [0.15, 0.2) is 0 Å². The molecule has 86 valence electrons. The van der Waals surface area contributed by atoms with Crippen molar-refractivity contribution >= 4 is 11.3 Å². The van der Waals surface area contributed by atoms with E-state index < -0.39 is 0 Å². The summed E-state index contributed by atoms with van der Waals surface area (Å²) in [7, 11) is 1.74. The average Bonchev–Trinajstić information content (AvgIpc) is 2.65. The van der Waals surface area contributed by atoms with E-state index in [2.05, 4.69) is 36.5 Å². The number of hydrogen-bond donors (Lipinski definition) is 1. The Labute approximate surface area is 95.9 Å². The fourth-order valence-electron chi connectivity index (χ4n) is 1.30. The van der Waals surface area contributed by atoms with Crippen molar-refractivity contribution in [2.75, 3.05) is 7.11 Å². The number of methoxy groups -OCH3 is 1. The Morgan fingerprint density at radius 1 is 1.53 bits per heavy atom. The molecule has 0 radical (unpaired) electrons. The van der Waals surface area contributed by atoms with Crippen LogP contribution < -0.4 is 5.32 Å². The quantitative estimate of drug-likeness (QED) is 0.813. The second-order valence-corrected chi connectivity index (χ2v) is 4.73. The molecule has 1 aromatic heterocycles. The van der Waals surface area contributed by atoms with Gasteiger partial charge in [-0.3, -0.25) is 0 Å². The summed E-state index contributed by atoms with van der Waals surface area (Å²) in [6, 6.07) is 0.500. The van der Waals surface area contributed by atoms with E-state index in [0.29, 0.717) is 6.04 Å². The second-order valence-electron chi connectivity index (χ2n) is 3.85. The van der Waals surface area contributed by atoms with Crippen molar-refractivity contribution in [3.05, 3.63) is 16.1 Å². The normalized spacial score (nSPS) is 13.4. The topological polar surface area (TPSA) is 34.1 Å². The molecule has 15 heavy (non-hydrogen) atoms. The lowest BCUT2D eigenvalue weighted by Crippen LogP contribution is -2.22. The summed E-state index contributed by atoms with van der Waals surface area (Å²) >= 11 is 1.68. The number of hydrogen-bond acceptors (Lipinski definition) is 4. The summed E-state index contributed by atoms with van der Waals surface area (Å²) in [4.78, 5) is 4.56. The van der Waals surface area contributed by atoms with Crippen LogP contribution in [-0.4, -0.2) is 18.1 Å². The van der Waals surface area contributed by atoms with Gasteiger partial charge in [0.1, 0.15) is 11.1 Å². The molecule has 1 N–H and O–H groups in total. The van der Waals surface area contributed by atoms with E-state index in [1.165, 1.54) is 0 Å². The first-order valence-corrected chi connectivity index (χ1v) is 6.25. The Kier molecular flexibility index (Phi) is 5.22. The molecule has 1 heterocycles. The maximum Gasteiger partial charge on any atom is 0.122 e. The van der Waals surface area contributed by atoms with E-state index in [0.717, 1.165) is 23.7 Å². The molecule has 0 saturated heterocycles. The van der Waals surface area contributed by atoms with Gasteiger partial charge in [-0.2, -0.15) is 0 Å². The molecule has 0 amide bonds. The van der Waals surface area contributed by atoms with Gasteiger partial charge in [-0.1, -0.05) is 20.8 Å². The standard InChI is InChI=1S/C11H20N2OS/c1-5-10(14-4)11-13-9(7-15-11)6-12-8(2)3/h7-8,10,12H,5-6H2,1-4H3. The molecular weight excluding hydrogens is 208 g/mol. The van der Waals surface area contributed by atoms with Crippen molar-refractivity contribution in [2.24, 2.45) is 0 Å². The first kappa shape index (κ1) is 12.6. The zero-order chi connectivity index (χ0) is 11.3. The number of nitrogens with one attached hydrogen (secondary N) is 1. The molecule has 0 aliphatic rings. The smallest absolute Gasteiger partial charge is 0.122 e. The molecule has 1 aromatic rings. The predicted octanol–water partition coefficient (Wildman–Crippen LogP) is 2.74. The molecular formula is C11H20N2OS. The highest BCUT2D eigenvalue weighted by Gasteiger charge is 2.12. The minimum absolute atomic E-state index is 0.155. The highest BCUT2D eigenvalue weighted by atomic mass is 32.1. The fourth-order valence-corrected chi connectivity index (χ4v) is 2.28. The summed E-state index contributed by atoms with van der Waals surface area (Å²) < 4.78 is 5.35. The Bertz CT molecular complexity index is 282. The molecule has 0 aliphatic carbocycles. The van der Waals surface area contributed by atoms with Gasteiger partial charge in [0.2, 0.25) is 0 Å². The molecule has 1 unspecified atom stereocenters. The van der Waals surface area contributed by atoms with E-state index in [-0.39, 0.29) is 6.10 Å². The van der Waals surface area contributed by atoms with Crippen molar-refractivity contribution in [3.8, 4) is 0 Å². The molecule has 0 bridgehead atoms. The Balaban J connectivity index is 2.55. The second kappa shape index (κ2) is 6.20. The van der Waals surface area contributed by atoms with Gasteiger partial charge < -0.3 is 10.1 Å². The number of nitrogens with zero attached hydrogens (tertiary/aromatic N) is 1. The van der Waals surface area contributed by atoms with Crippen LogP contribution in [-0.2, 0) is 11.3 Å². The zero-order valence-electron chi connectivity index (χ0n) is 9.91. The van der Waals surface area contributed by atoms with E-state index >= 15 is 0 Å². The van der Waals surface area contributed by atoms with Crippen LogP contribution in [0.5, 0.6) is 0 Å². The van der Waals surface area contributed by atoms with Gasteiger partial charge in [-0.05, 0) is 6.42 Å². The maximum atomic E-state index is 5.35. The van der Waals surface area contributed by atoms with Gasteiger partial charge in [0.05, 0.1) is 5.69 Å². The lowest BCUT2D eigenvalue weighted by atomic mass is 10.3. The lowest BCUT2D eigenvalue weighted by molar-refractivity contribution is 0.0996. The van der Waals surface area contributed by atoms with E-state index in [9.17, 15) is 0 Å². The molecule has 1 atom stereocenters. The first-order chi connectivity index (χ1) is 7.17.